The SMILES string of the molecule is C[C@@H](NC(=O)Nc1cnc(-c2ccccc2)nc1)[C@@H]1CCCO1. The topological polar surface area (TPSA) is 76.1 Å². The van der Waals surface area contributed by atoms with Gasteiger partial charge in [0.05, 0.1) is 30.2 Å². The highest BCUT2D eigenvalue weighted by molar-refractivity contribution is 5.89. The number of nitrogens with zero attached hydrogens (tertiary/aromatic N) is 2. The Bertz CT molecular complexity index is 639. The molecule has 6 heteroatoms. The lowest BCUT2D eigenvalue weighted by Gasteiger charge is -2.20. The molecule has 0 bridgehead atoms. The molecule has 0 saturated carbocycles. The summed E-state index contributed by atoms with van der Waals surface area (Å²) in [6, 6.07) is 9.40. The highest BCUT2D eigenvalue weighted by Crippen LogP contribution is 2.16. The van der Waals surface area contributed by atoms with E-state index in [1.54, 1.807) is 12.4 Å². The van der Waals surface area contributed by atoms with Gasteiger partial charge in [-0.2, -0.15) is 0 Å². The second-order valence-electron chi connectivity index (χ2n) is 5.60. The third-order valence-electron chi connectivity index (χ3n) is 3.82. The Labute approximate surface area is 135 Å². The van der Waals surface area contributed by atoms with Gasteiger partial charge in [0, 0.05) is 12.2 Å². The van der Waals surface area contributed by atoms with Gasteiger partial charge in [-0.05, 0) is 19.8 Å². The van der Waals surface area contributed by atoms with Gasteiger partial charge in [-0.15, -0.1) is 0 Å². The number of aromatic nitrogens is 2. The van der Waals surface area contributed by atoms with Crippen molar-refractivity contribution in [3.8, 4) is 11.4 Å². The first kappa shape index (κ1) is 15.4. The van der Waals surface area contributed by atoms with Crippen molar-refractivity contribution in [2.75, 3.05) is 11.9 Å². The summed E-state index contributed by atoms with van der Waals surface area (Å²) in [4.78, 5) is 20.6. The van der Waals surface area contributed by atoms with Crippen molar-refractivity contribution in [1.82, 2.24) is 15.3 Å². The van der Waals surface area contributed by atoms with Crippen molar-refractivity contribution in [3.05, 3.63) is 42.7 Å². The number of hydrogen-bond donors (Lipinski definition) is 2. The lowest BCUT2D eigenvalue weighted by Crippen LogP contribution is -2.43. The zero-order valence-electron chi connectivity index (χ0n) is 13.0. The molecule has 1 fully saturated rings. The number of ether oxygens (including phenoxy) is 1. The molecule has 1 aromatic heterocycles. The Morgan fingerprint density at radius 2 is 2.00 bits per heavy atom. The highest BCUT2D eigenvalue weighted by Gasteiger charge is 2.23. The quantitative estimate of drug-likeness (QED) is 0.910. The summed E-state index contributed by atoms with van der Waals surface area (Å²) in [6.07, 6.45) is 5.33. The third-order valence-corrected chi connectivity index (χ3v) is 3.82. The van der Waals surface area contributed by atoms with Crippen LogP contribution >= 0.6 is 0 Å². The molecule has 0 aliphatic carbocycles. The maximum absolute atomic E-state index is 12.0. The number of hydrogen-bond acceptors (Lipinski definition) is 4. The molecule has 2 aromatic rings. The molecule has 0 radical (unpaired) electrons. The third kappa shape index (κ3) is 4.04. The normalized spacial score (nSPS) is 18.4. The first-order valence-electron chi connectivity index (χ1n) is 7.79. The predicted octanol–water partition coefficient (Wildman–Crippen LogP) is 2.83. The second-order valence-corrected chi connectivity index (χ2v) is 5.60. The van der Waals surface area contributed by atoms with Crippen LogP contribution in [-0.4, -0.2) is 34.8 Å². The summed E-state index contributed by atoms with van der Waals surface area (Å²) >= 11 is 0. The maximum atomic E-state index is 12.0. The van der Waals surface area contributed by atoms with Crippen LogP contribution in [0.5, 0.6) is 0 Å². The van der Waals surface area contributed by atoms with Gasteiger partial charge in [0.15, 0.2) is 5.82 Å². The molecule has 0 unspecified atom stereocenters. The number of nitrogens with one attached hydrogen (secondary N) is 2. The van der Waals surface area contributed by atoms with Gasteiger partial charge in [-0.25, -0.2) is 14.8 Å². The molecule has 1 aliphatic rings. The summed E-state index contributed by atoms with van der Waals surface area (Å²) in [5.74, 6) is 0.629. The van der Waals surface area contributed by atoms with Crippen molar-refractivity contribution in [2.45, 2.75) is 31.9 Å². The summed E-state index contributed by atoms with van der Waals surface area (Å²) in [5, 5.41) is 5.63. The van der Waals surface area contributed by atoms with Crippen LogP contribution < -0.4 is 10.6 Å². The van der Waals surface area contributed by atoms with Crippen molar-refractivity contribution in [1.29, 1.82) is 0 Å². The van der Waals surface area contributed by atoms with Crippen LogP contribution in [0.1, 0.15) is 19.8 Å². The summed E-state index contributed by atoms with van der Waals surface area (Å²) in [7, 11) is 0. The molecule has 23 heavy (non-hydrogen) atoms. The molecule has 120 valence electrons. The van der Waals surface area contributed by atoms with Gasteiger partial charge in [0.2, 0.25) is 0 Å². The minimum Gasteiger partial charge on any atom is -0.376 e. The fourth-order valence-electron chi connectivity index (χ4n) is 2.59. The Balaban J connectivity index is 1.56. The molecule has 2 atom stereocenters. The van der Waals surface area contributed by atoms with Gasteiger partial charge in [-0.3, -0.25) is 0 Å². The molecule has 1 saturated heterocycles. The van der Waals surface area contributed by atoms with E-state index in [2.05, 4.69) is 20.6 Å². The van der Waals surface area contributed by atoms with Crippen LogP contribution in [0.3, 0.4) is 0 Å². The van der Waals surface area contributed by atoms with Crippen LogP contribution in [0.4, 0.5) is 10.5 Å². The Hall–Kier alpha value is -2.47. The van der Waals surface area contributed by atoms with E-state index in [0.717, 1.165) is 25.0 Å². The zero-order valence-corrected chi connectivity index (χ0v) is 13.0. The van der Waals surface area contributed by atoms with Crippen LogP contribution in [0.25, 0.3) is 11.4 Å². The Morgan fingerprint density at radius 1 is 1.26 bits per heavy atom. The number of carbonyl (C=O) groups is 1. The molecular formula is C17H20N4O2. The lowest BCUT2D eigenvalue weighted by molar-refractivity contribution is 0.0868. The van der Waals surface area contributed by atoms with E-state index in [4.69, 9.17) is 4.74 Å². The molecule has 0 spiro atoms. The lowest BCUT2D eigenvalue weighted by atomic mass is 10.1. The molecule has 3 rings (SSSR count). The maximum Gasteiger partial charge on any atom is 0.319 e. The van der Waals surface area contributed by atoms with Crippen molar-refractivity contribution in [2.24, 2.45) is 0 Å². The summed E-state index contributed by atoms with van der Waals surface area (Å²) in [6.45, 7) is 2.72. The minimum atomic E-state index is -0.274. The highest BCUT2D eigenvalue weighted by atomic mass is 16.5. The van der Waals surface area contributed by atoms with Gasteiger partial charge in [0.25, 0.3) is 0 Å². The molecule has 2 heterocycles. The average Bonchev–Trinajstić information content (AvgIpc) is 3.11. The number of benzene rings is 1. The van der Waals surface area contributed by atoms with E-state index in [-0.39, 0.29) is 18.2 Å². The van der Waals surface area contributed by atoms with Crippen molar-refractivity contribution < 1.29 is 9.53 Å². The molecule has 6 nitrogen and oxygen atoms in total. The van der Waals surface area contributed by atoms with E-state index in [0.29, 0.717) is 11.5 Å². The van der Waals surface area contributed by atoms with Crippen LogP contribution in [0.15, 0.2) is 42.7 Å². The molecule has 1 aliphatic heterocycles. The molecule has 1 aromatic carbocycles. The average molecular weight is 312 g/mol. The number of rotatable bonds is 4. The van der Waals surface area contributed by atoms with E-state index < -0.39 is 0 Å². The second kappa shape index (κ2) is 7.19. The first-order valence-corrected chi connectivity index (χ1v) is 7.79. The monoisotopic (exact) mass is 312 g/mol. The summed E-state index contributed by atoms with van der Waals surface area (Å²) < 4.78 is 5.56. The van der Waals surface area contributed by atoms with Gasteiger partial charge in [-0.1, -0.05) is 30.3 Å². The predicted molar refractivity (Wildman–Crippen MR) is 88.1 cm³/mol. The van der Waals surface area contributed by atoms with E-state index >= 15 is 0 Å². The van der Waals surface area contributed by atoms with E-state index in [9.17, 15) is 4.79 Å². The zero-order chi connectivity index (χ0) is 16.1. The van der Waals surface area contributed by atoms with Gasteiger partial charge in [0.1, 0.15) is 0 Å². The molecule has 2 N–H and O–H groups in total. The van der Waals surface area contributed by atoms with Gasteiger partial charge < -0.3 is 15.4 Å². The van der Waals surface area contributed by atoms with E-state index in [1.807, 2.05) is 37.3 Å². The molecule has 2 amide bonds. The Morgan fingerprint density at radius 3 is 2.65 bits per heavy atom. The fraction of sp³-hybridized carbons (Fsp3) is 0.353. The van der Waals surface area contributed by atoms with Crippen LogP contribution in [0.2, 0.25) is 0 Å². The van der Waals surface area contributed by atoms with Crippen LogP contribution in [0, 0.1) is 0 Å². The minimum absolute atomic E-state index is 0.0259. The van der Waals surface area contributed by atoms with E-state index in [1.165, 1.54) is 0 Å². The molecular weight excluding hydrogens is 292 g/mol. The smallest absolute Gasteiger partial charge is 0.319 e. The first-order chi connectivity index (χ1) is 11.2. The largest absolute Gasteiger partial charge is 0.376 e. The Kier molecular flexibility index (Phi) is 4.83. The number of carbonyl (C=O) groups excluding carboxylic acids is 1. The van der Waals surface area contributed by atoms with Gasteiger partial charge >= 0.3 is 6.03 Å². The number of amides is 2. The number of urea groups is 1. The standard InChI is InChI=1S/C17H20N4O2/c1-12(15-8-5-9-23-15)20-17(22)21-14-10-18-16(19-11-14)13-6-3-2-4-7-13/h2-4,6-7,10-12,15H,5,8-9H2,1H3,(H2,20,21,22)/t12-,15+/m1/s1. The summed E-state index contributed by atoms with van der Waals surface area (Å²) in [5.41, 5.74) is 1.50. The fourth-order valence-corrected chi connectivity index (χ4v) is 2.59. The number of anilines is 1. The van der Waals surface area contributed by atoms with Crippen molar-refractivity contribution >= 4 is 11.7 Å². The van der Waals surface area contributed by atoms with Crippen molar-refractivity contribution in [3.63, 3.8) is 0 Å². The van der Waals surface area contributed by atoms with Crippen LogP contribution in [-0.2, 0) is 4.74 Å².